The Balaban J connectivity index is 0.000000180. The summed E-state index contributed by atoms with van der Waals surface area (Å²) in [6.07, 6.45) is 4.80. The van der Waals surface area contributed by atoms with Crippen molar-refractivity contribution in [3.8, 4) is 11.3 Å². The van der Waals surface area contributed by atoms with E-state index in [1.807, 2.05) is 42.5 Å². The number of para-hydroxylation sites is 1. The number of aromatic nitrogens is 3. The van der Waals surface area contributed by atoms with Gasteiger partial charge in [0.05, 0.1) is 11.1 Å². The molecule has 6 heteroatoms. The molecular weight excluding hydrogens is 506 g/mol. The van der Waals surface area contributed by atoms with Crippen LogP contribution in [0, 0.1) is 6.07 Å². The van der Waals surface area contributed by atoms with Gasteiger partial charge in [-0.15, -0.1) is 35.9 Å². The first-order chi connectivity index (χ1) is 12.3. The number of carboxylic acids is 1. The number of benzene rings is 2. The van der Waals surface area contributed by atoms with Crippen LogP contribution < -0.4 is 0 Å². The Bertz CT molecular complexity index is 937. The Morgan fingerprint density at radius 2 is 1.65 bits per heavy atom. The third kappa shape index (κ3) is 4.79. The number of rotatable bonds is 2. The van der Waals surface area contributed by atoms with Gasteiger partial charge in [-0.05, 0) is 23.9 Å². The van der Waals surface area contributed by atoms with Gasteiger partial charge in [-0.1, -0.05) is 18.2 Å². The maximum absolute atomic E-state index is 10.7. The first kappa shape index (κ1) is 19.4. The summed E-state index contributed by atoms with van der Waals surface area (Å²) in [5.41, 5.74) is 3.22. The second kappa shape index (κ2) is 9.51. The van der Waals surface area contributed by atoms with Crippen molar-refractivity contribution in [2.24, 2.45) is 0 Å². The van der Waals surface area contributed by atoms with Gasteiger partial charge in [0.25, 0.3) is 0 Å². The molecular formula is C20H14IrN3O2-. The van der Waals surface area contributed by atoms with E-state index >= 15 is 0 Å². The molecule has 0 aliphatic carbocycles. The molecule has 5 nitrogen and oxygen atoms in total. The molecule has 0 aliphatic rings. The molecule has 0 unspecified atom stereocenters. The Kier molecular flexibility index (Phi) is 7.09. The number of fused-ring (bicyclic) bond motifs is 1. The Morgan fingerprint density at radius 3 is 2.35 bits per heavy atom. The zero-order valence-corrected chi connectivity index (χ0v) is 15.9. The van der Waals surface area contributed by atoms with Crippen LogP contribution >= 0.6 is 0 Å². The van der Waals surface area contributed by atoms with Crippen molar-refractivity contribution in [1.82, 2.24) is 15.0 Å². The van der Waals surface area contributed by atoms with Crippen LogP contribution in [-0.4, -0.2) is 26.0 Å². The van der Waals surface area contributed by atoms with Crippen molar-refractivity contribution >= 4 is 17.0 Å². The van der Waals surface area contributed by atoms with Crippen molar-refractivity contribution in [3.63, 3.8) is 0 Å². The molecule has 2 heterocycles. The number of aromatic carboxylic acids is 1. The number of hydrogen-bond acceptors (Lipinski definition) is 4. The fourth-order valence-electron chi connectivity index (χ4n) is 2.24. The van der Waals surface area contributed by atoms with Crippen LogP contribution in [0.25, 0.3) is 22.3 Å². The number of carbonyl (C=O) groups is 1. The molecule has 26 heavy (non-hydrogen) atoms. The van der Waals surface area contributed by atoms with Gasteiger partial charge in [-0.2, -0.15) is 0 Å². The molecule has 0 saturated carbocycles. The Morgan fingerprint density at radius 1 is 0.846 bits per heavy atom. The Labute approximate surface area is 164 Å². The van der Waals surface area contributed by atoms with E-state index in [9.17, 15) is 4.79 Å². The van der Waals surface area contributed by atoms with Gasteiger partial charge in [0.15, 0.2) is 0 Å². The first-order valence-corrected chi connectivity index (χ1v) is 7.57. The minimum atomic E-state index is -0.980. The van der Waals surface area contributed by atoms with Crippen molar-refractivity contribution < 1.29 is 30.0 Å². The predicted octanol–water partition coefficient (Wildman–Crippen LogP) is 3.87. The smallest absolute Gasteiger partial charge is 0.337 e. The summed E-state index contributed by atoms with van der Waals surface area (Å²) in [6, 6.07) is 21.7. The molecule has 0 atom stereocenters. The third-order valence-electron chi connectivity index (χ3n) is 3.38. The van der Waals surface area contributed by atoms with Gasteiger partial charge in [0.1, 0.15) is 5.52 Å². The van der Waals surface area contributed by atoms with E-state index in [1.54, 1.807) is 18.3 Å². The average molecular weight is 521 g/mol. The van der Waals surface area contributed by atoms with Crippen LogP contribution in [0.15, 0.2) is 79.3 Å². The number of pyridine rings is 1. The summed E-state index contributed by atoms with van der Waals surface area (Å²) >= 11 is 0. The van der Waals surface area contributed by atoms with Crippen LogP contribution in [0.1, 0.15) is 10.4 Å². The number of hydrogen-bond donors (Lipinski definition) is 1. The fraction of sp³-hybridized carbons (Fsp3) is 0. The van der Waals surface area contributed by atoms with Crippen molar-refractivity contribution in [2.75, 3.05) is 0 Å². The first-order valence-electron chi connectivity index (χ1n) is 7.57. The molecule has 1 N–H and O–H groups in total. The molecule has 0 bridgehead atoms. The molecule has 4 aromatic rings. The largest absolute Gasteiger partial charge is 0.478 e. The molecule has 131 valence electrons. The van der Waals surface area contributed by atoms with E-state index in [4.69, 9.17) is 5.11 Å². The SMILES string of the molecule is O=C(O)c1cccc2nccnc12.[Ir].[c-]1ccccc1-c1ccccn1. The number of nitrogens with zero attached hydrogens (tertiary/aromatic N) is 3. The average Bonchev–Trinajstić information content (AvgIpc) is 2.69. The molecule has 0 spiro atoms. The van der Waals surface area contributed by atoms with E-state index in [0.717, 1.165) is 11.3 Å². The van der Waals surface area contributed by atoms with Gasteiger partial charge in [-0.3, -0.25) is 9.97 Å². The van der Waals surface area contributed by atoms with Gasteiger partial charge in [-0.25, -0.2) is 4.79 Å². The van der Waals surface area contributed by atoms with E-state index in [-0.39, 0.29) is 25.7 Å². The standard InChI is InChI=1S/C11H8N.C9H6N2O2.Ir/c1-2-6-10(7-3-1)11-8-4-5-9-12-11;12-9(13)6-2-1-3-7-8(6)11-5-4-10-7;/h1-6,8-9H;1-5H,(H,12,13);/q-1;;. The minimum Gasteiger partial charge on any atom is -0.478 e. The maximum atomic E-state index is 10.7. The molecule has 4 rings (SSSR count). The summed E-state index contributed by atoms with van der Waals surface area (Å²) in [7, 11) is 0. The van der Waals surface area contributed by atoms with Crippen molar-refractivity contribution in [3.05, 3.63) is 90.9 Å². The monoisotopic (exact) mass is 521 g/mol. The topological polar surface area (TPSA) is 76.0 Å². The quantitative estimate of drug-likeness (QED) is 0.406. The number of carboxylic acid groups (broad SMARTS) is 1. The molecule has 0 amide bonds. The van der Waals surface area contributed by atoms with Crippen LogP contribution in [0.2, 0.25) is 0 Å². The summed E-state index contributed by atoms with van der Waals surface area (Å²) in [5, 5.41) is 8.82. The summed E-state index contributed by atoms with van der Waals surface area (Å²) in [4.78, 5) is 22.9. The second-order valence-electron chi connectivity index (χ2n) is 5.03. The van der Waals surface area contributed by atoms with Gasteiger partial charge >= 0.3 is 5.97 Å². The summed E-state index contributed by atoms with van der Waals surface area (Å²) < 4.78 is 0. The van der Waals surface area contributed by atoms with Gasteiger partial charge in [0, 0.05) is 38.7 Å². The zero-order chi connectivity index (χ0) is 17.5. The van der Waals surface area contributed by atoms with E-state index in [0.29, 0.717) is 11.0 Å². The summed E-state index contributed by atoms with van der Waals surface area (Å²) in [6.45, 7) is 0. The van der Waals surface area contributed by atoms with Crippen LogP contribution in [0.3, 0.4) is 0 Å². The Hall–Kier alpha value is -2.95. The maximum Gasteiger partial charge on any atom is 0.337 e. The van der Waals surface area contributed by atoms with Crippen molar-refractivity contribution in [2.45, 2.75) is 0 Å². The van der Waals surface area contributed by atoms with E-state index in [1.165, 1.54) is 18.5 Å². The molecule has 1 radical (unpaired) electrons. The second-order valence-corrected chi connectivity index (χ2v) is 5.03. The molecule has 0 fully saturated rings. The van der Waals surface area contributed by atoms with Crippen LogP contribution in [0.4, 0.5) is 0 Å². The van der Waals surface area contributed by atoms with Crippen LogP contribution in [0.5, 0.6) is 0 Å². The summed E-state index contributed by atoms with van der Waals surface area (Å²) in [5.74, 6) is -0.980. The van der Waals surface area contributed by atoms with E-state index in [2.05, 4.69) is 21.0 Å². The van der Waals surface area contributed by atoms with Crippen molar-refractivity contribution in [1.29, 1.82) is 0 Å². The van der Waals surface area contributed by atoms with E-state index < -0.39 is 5.97 Å². The zero-order valence-electron chi connectivity index (χ0n) is 13.5. The van der Waals surface area contributed by atoms with Gasteiger partial charge in [0.2, 0.25) is 0 Å². The fourth-order valence-corrected chi connectivity index (χ4v) is 2.24. The van der Waals surface area contributed by atoms with Crippen LogP contribution in [-0.2, 0) is 20.1 Å². The molecule has 0 saturated heterocycles. The predicted molar refractivity (Wildman–Crippen MR) is 95.0 cm³/mol. The van der Waals surface area contributed by atoms with Gasteiger partial charge < -0.3 is 10.1 Å². The normalized spacial score (nSPS) is 9.54. The third-order valence-corrected chi connectivity index (χ3v) is 3.38. The molecule has 0 aliphatic heterocycles. The minimum absolute atomic E-state index is 0. The molecule has 2 aromatic heterocycles. The molecule has 2 aromatic carbocycles.